The summed E-state index contributed by atoms with van der Waals surface area (Å²) in [5.41, 5.74) is 7.02. The van der Waals surface area contributed by atoms with Crippen LogP contribution < -0.4 is 0 Å². The lowest BCUT2D eigenvalue weighted by Gasteiger charge is -2.20. The SMILES string of the molecule is CCc1cc(CC)c(C(Br)c2ccc(Cl)cc2)c(CC)c1. The second kappa shape index (κ2) is 7.47. The molecule has 1 unspecified atom stereocenters. The Balaban J connectivity index is 2.52. The van der Waals surface area contributed by atoms with Crippen LogP contribution >= 0.6 is 27.5 Å². The van der Waals surface area contributed by atoms with Gasteiger partial charge in [-0.2, -0.15) is 0 Å². The molecule has 1 atom stereocenters. The van der Waals surface area contributed by atoms with E-state index in [2.05, 4.69) is 61.0 Å². The van der Waals surface area contributed by atoms with E-state index < -0.39 is 0 Å². The van der Waals surface area contributed by atoms with Gasteiger partial charge in [-0.15, -0.1) is 0 Å². The summed E-state index contributed by atoms with van der Waals surface area (Å²) < 4.78 is 0. The highest BCUT2D eigenvalue weighted by Crippen LogP contribution is 2.37. The lowest BCUT2D eigenvalue weighted by molar-refractivity contribution is 0.975. The summed E-state index contributed by atoms with van der Waals surface area (Å²) in [6, 6.07) is 12.9. The molecule has 2 heteroatoms. The van der Waals surface area contributed by atoms with E-state index in [1.807, 2.05) is 12.1 Å². The molecule has 2 aromatic carbocycles. The second-order valence-corrected chi connectivity index (χ2v) is 6.65. The van der Waals surface area contributed by atoms with Gasteiger partial charge in [0.2, 0.25) is 0 Å². The van der Waals surface area contributed by atoms with E-state index in [4.69, 9.17) is 11.6 Å². The zero-order valence-corrected chi connectivity index (χ0v) is 15.3. The van der Waals surface area contributed by atoms with Crippen molar-refractivity contribution in [1.29, 1.82) is 0 Å². The molecule has 21 heavy (non-hydrogen) atoms. The van der Waals surface area contributed by atoms with Crippen LogP contribution in [0.4, 0.5) is 0 Å². The first-order valence-electron chi connectivity index (χ1n) is 7.64. The molecule has 0 aromatic heterocycles. The van der Waals surface area contributed by atoms with Gasteiger partial charge >= 0.3 is 0 Å². The molecular formula is C19H22BrCl. The van der Waals surface area contributed by atoms with E-state index in [0.717, 1.165) is 24.3 Å². The van der Waals surface area contributed by atoms with Crippen LogP contribution in [0, 0.1) is 0 Å². The molecule has 0 aliphatic carbocycles. The van der Waals surface area contributed by atoms with Crippen molar-refractivity contribution in [3.8, 4) is 0 Å². The Morgan fingerprint density at radius 2 is 1.43 bits per heavy atom. The molecule has 2 aromatic rings. The third-order valence-electron chi connectivity index (χ3n) is 4.00. The van der Waals surface area contributed by atoms with E-state index in [1.54, 1.807) is 0 Å². The highest BCUT2D eigenvalue weighted by molar-refractivity contribution is 9.09. The van der Waals surface area contributed by atoms with Gasteiger partial charge < -0.3 is 0 Å². The van der Waals surface area contributed by atoms with Crippen LogP contribution in [0.2, 0.25) is 5.02 Å². The first-order valence-corrected chi connectivity index (χ1v) is 8.94. The number of benzene rings is 2. The van der Waals surface area contributed by atoms with Gasteiger partial charge in [-0.05, 0) is 59.2 Å². The van der Waals surface area contributed by atoms with E-state index >= 15 is 0 Å². The minimum absolute atomic E-state index is 0.227. The standard InChI is InChI=1S/C19H22BrCl/c1-4-13-11-14(5-2)18(15(6-3)12-13)19(20)16-7-9-17(21)10-8-16/h7-12,19H,4-6H2,1-3H3. The molecule has 0 aliphatic rings. The zero-order chi connectivity index (χ0) is 15.4. The van der Waals surface area contributed by atoms with Gasteiger partial charge in [-0.25, -0.2) is 0 Å². The molecule has 0 nitrogen and oxygen atoms in total. The summed E-state index contributed by atoms with van der Waals surface area (Å²) >= 11 is 9.91. The number of alkyl halides is 1. The summed E-state index contributed by atoms with van der Waals surface area (Å²) in [5, 5.41) is 0.784. The molecule has 0 fully saturated rings. The highest BCUT2D eigenvalue weighted by atomic mass is 79.9. The highest BCUT2D eigenvalue weighted by Gasteiger charge is 2.18. The van der Waals surface area contributed by atoms with Crippen molar-refractivity contribution in [2.24, 2.45) is 0 Å². The summed E-state index contributed by atoms with van der Waals surface area (Å²) in [7, 11) is 0. The predicted molar refractivity (Wildman–Crippen MR) is 96.8 cm³/mol. The fraction of sp³-hybridized carbons (Fsp3) is 0.368. The zero-order valence-electron chi connectivity index (χ0n) is 12.9. The van der Waals surface area contributed by atoms with Gasteiger partial charge in [-0.1, -0.05) is 72.6 Å². The molecule has 0 aliphatic heterocycles. The van der Waals surface area contributed by atoms with Crippen molar-refractivity contribution in [2.45, 2.75) is 44.9 Å². The maximum atomic E-state index is 6.00. The Labute approximate surface area is 141 Å². The fourth-order valence-electron chi connectivity index (χ4n) is 2.76. The molecular weight excluding hydrogens is 344 g/mol. The Kier molecular flexibility index (Phi) is 5.89. The fourth-order valence-corrected chi connectivity index (χ4v) is 3.78. The first kappa shape index (κ1) is 16.6. The van der Waals surface area contributed by atoms with E-state index in [9.17, 15) is 0 Å². The third-order valence-corrected chi connectivity index (χ3v) is 5.24. The third kappa shape index (κ3) is 3.70. The van der Waals surface area contributed by atoms with Crippen molar-refractivity contribution in [1.82, 2.24) is 0 Å². The van der Waals surface area contributed by atoms with Crippen LogP contribution in [0.1, 0.15) is 53.4 Å². The Morgan fingerprint density at radius 1 is 0.905 bits per heavy atom. The maximum Gasteiger partial charge on any atom is 0.0649 e. The summed E-state index contributed by atoms with van der Waals surface area (Å²) in [4.78, 5) is 0.227. The number of hydrogen-bond donors (Lipinski definition) is 0. The molecule has 0 saturated heterocycles. The van der Waals surface area contributed by atoms with Crippen molar-refractivity contribution in [3.63, 3.8) is 0 Å². The van der Waals surface area contributed by atoms with Crippen molar-refractivity contribution >= 4 is 27.5 Å². The van der Waals surface area contributed by atoms with Crippen molar-refractivity contribution in [2.75, 3.05) is 0 Å². The average Bonchev–Trinajstić information content (AvgIpc) is 2.53. The van der Waals surface area contributed by atoms with E-state index in [-0.39, 0.29) is 4.83 Å². The summed E-state index contributed by atoms with van der Waals surface area (Å²) in [6.45, 7) is 6.69. The number of halogens is 2. The van der Waals surface area contributed by atoms with Crippen molar-refractivity contribution in [3.05, 3.63) is 69.2 Å². The lowest BCUT2D eigenvalue weighted by Crippen LogP contribution is -2.05. The molecule has 0 amide bonds. The van der Waals surface area contributed by atoms with Crippen LogP contribution in [0.15, 0.2) is 36.4 Å². The molecule has 2 rings (SSSR count). The van der Waals surface area contributed by atoms with Gasteiger partial charge in [-0.3, -0.25) is 0 Å². The number of aryl methyl sites for hydroxylation is 3. The molecule has 0 heterocycles. The van der Waals surface area contributed by atoms with E-state index in [0.29, 0.717) is 0 Å². The predicted octanol–water partition coefficient (Wildman–Crippen LogP) is 6.51. The molecule has 0 spiro atoms. The Bertz CT molecular complexity index is 576. The van der Waals surface area contributed by atoms with Crippen LogP contribution in [-0.2, 0) is 19.3 Å². The van der Waals surface area contributed by atoms with Gasteiger partial charge in [0.1, 0.15) is 0 Å². The molecule has 0 bridgehead atoms. The Hall–Kier alpha value is -0.790. The van der Waals surface area contributed by atoms with Gasteiger partial charge in [0.05, 0.1) is 4.83 Å². The topological polar surface area (TPSA) is 0 Å². The molecule has 0 radical (unpaired) electrons. The van der Waals surface area contributed by atoms with Gasteiger partial charge in [0.25, 0.3) is 0 Å². The van der Waals surface area contributed by atoms with Crippen LogP contribution in [0.5, 0.6) is 0 Å². The normalized spacial score (nSPS) is 12.4. The van der Waals surface area contributed by atoms with E-state index in [1.165, 1.54) is 27.8 Å². The minimum atomic E-state index is 0.227. The maximum absolute atomic E-state index is 6.00. The number of rotatable bonds is 5. The number of hydrogen-bond acceptors (Lipinski definition) is 0. The van der Waals surface area contributed by atoms with Crippen LogP contribution in [0.3, 0.4) is 0 Å². The van der Waals surface area contributed by atoms with Crippen LogP contribution in [0.25, 0.3) is 0 Å². The van der Waals surface area contributed by atoms with Gasteiger partial charge in [0, 0.05) is 5.02 Å². The molecule has 0 saturated carbocycles. The second-order valence-electron chi connectivity index (χ2n) is 5.30. The molecule has 112 valence electrons. The summed E-state index contributed by atoms with van der Waals surface area (Å²) in [5.74, 6) is 0. The smallest absolute Gasteiger partial charge is 0.0649 e. The molecule has 0 N–H and O–H groups in total. The van der Waals surface area contributed by atoms with Gasteiger partial charge in [0.15, 0.2) is 0 Å². The van der Waals surface area contributed by atoms with Crippen LogP contribution in [-0.4, -0.2) is 0 Å². The summed E-state index contributed by atoms with van der Waals surface area (Å²) in [6.07, 6.45) is 3.21. The quantitative estimate of drug-likeness (QED) is 0.530. The largest absolute Gasteiger partial charge is 0.0843 e. The average molecular weight is 366 g/mol. The monoisotopic (exact) mass is 364 g/mol. The minimum Gasteiger partial charge on any atom is -0.0843 e. The first-order chi connectivity index (χ1) is 10.1. The van der Waals surface area contributed by atoms with Crippen molar-refractivity contribution < 1.29 is 0 Å². The lowest BCUT2D eigenvalue weighted by atomic mass is 9.89. The Morgan fingerprint density at radius 3 is 1.86 bits per heavy atom.